The summed E-state index contributed by atoms with van der Waals surface area (Å²) in [4.78, 5) is 24.0. The summed E-state index contributed by atoms with van der Waals surface area (Å²) in [7, 11) is 0. The Labute approximate surface area is 153 Å². The van der Waals surface area contributed by atoms with Crippen molar-refractivity contribution >= 4 is 11.8 Å². The van der Waals surface area contributed by atoms with Gasteiger partial charge >= 0.3 is 5.97 Å². The van der Waals surface area contributed by atoms with Gasteiger partial charge in [-0.25, -0.2) is 4.39 Å². The molecule has 5 heteroatoms. The van der Waals surface area contributed by atoms with Crippen molar-refractivity contribution in [3.8, 4) is 6.07 Å². The number of cyclic esters (lactones) is 1. The largest absolute Gasteiger partial charge is 0.458 e. The molecule has 0 spiro atoms. The van der Waals surface area contributed by atoms with E-state index in [2.05, 4.69) is 0 Å². The SMILES string of the molecule is CC(C#N)c1ccc(CCC2(C3CCCC3)CC(=O)CC(=O)O2)cc1F. The smallest absolute Gasteiger partial charge is 0.313 e. The third-order valence-electron chi connectivity index (χ3n) is 5.82. The first kappa shape index (κ1) is 18.6. The van der Waals surface area contributed by atoms with Crippen molar-refractivity contribution in [2.24, 2.45) is 5.92 Å². The molecule has 1 aromatic rings. The Bertz CT molecular complexity index is 730. The molecule has 0 amide bonds. The molecule has 1 saturated heterocycles. The van der Waals surface area contributed by atoms with Crippen molar-refractivity contribution in [2.75, 3.05) is 0 Å². The molecule has 1 aliphatic heterocycles. The van der Waals surface area contributed by atoms with Gasteiger partial charge in [-0.2, -0.15) is 5.26 Å². The molecule has 138 valence electrons. The highest BCUT2D eigenvalue weighted by Gasteiger charge is 2.47. The van der Waals surface area contributed by atoms with E-state index in [0.29, 0.717) is 18.4 Å². The van der Waals surface area contributed by atoms with Crippen molar-refractivity contribution in [1.82, 2.24) is 0 Å². The number of benzene rings is 1. The number of esters is 1. The van der Waals surface area contributed by atoms with Gasteiger partial charge in [0.1, 0.15) is 23.6 Å². The van der Waals surface area contributed by atoms with Gasteiger partial charge in [0.15, 0.2) is 0 Å². The number of hydrogen-bond acceptors (Lipinski definition) is 4. The standard InChI is InChI=1S/C21H24FNO3/c1-14(13-23)18-7-6-15(10-19(18)22)8-9-21(16-4-2-3-5-16)12-17(24)11-20(25)26-21/h6-7,10,14,16H,2-5,8-9,11-12H2,1H3. The highest BCUT2D eigenvalue weighted by atomic mass is 19.1. The number of ether oxygens (including phenoxy) is 1. The number of carbonyl (C=O) groups is 2. The molecule has 2 atom stereocenters. The molecule has 1 heterocycles. The van der Waals surface area contributed by atoms with E-state index < -0.39 is 17.5 Å². The molecule has 0 aromatic heterocycles. The first-order valence-electron chi connectivity index (χ1n) is 9.35. The summed E-state index contributed by atoms with van der Waals surface area (Å²) in [5, 5.41) is 8.96. The van der Waals surface area contributed by atoms with Gasteiger partial charge in [0.25, 0.3) is 0 Å². The Balaban J connectivity index is 1.78. The van der Waals surface area contributed by atoms with E-state index in [-0.39, 0.29) is 30.4 Å². The number of hydrogen-bond donors (Lipinski definition) is 0. The number of Topliss-reactive ketones (excluding diaryl/α,β-unsaturated/α-hetero) is 1. The predicted molar refractivity (Wildman–Crippen MR) is 93.8 cm³/mol. The van der Waals surface area contributed by atoms with Crippen molar-refractivity contribution in [1.29, 1.82) is 5.26 Å². The molecule has 2 aliphatic rings. The number of aryl methyl sites for hydroxylation is 1. The first-order valence-corrected chi connectivity index (χ1v) is 9.35. The lowest BCUT2D eigenvalue weighted by molar-refractivity contribution is -0.178. The summed E-state index contributed by atoms with van der Waals surface area (Å²) in [5.41, 5.74) is 0.446. The monoisotopic (exact) mass is 357 g/mol. The summed E-state index contributed by atoms with van der Waals surface area (Å²) in [6, 6.07) is 6.97. The molecule has 3 rings (SSSR count). The number of ketones is 1. The average Bonchev–Trinajstić information content (AvgIpc) is 3.14. The summed E-state index contributed by atoms with van der Waals surface area (Å²) < 4.78 is 20.0. The van der Waals surface area contributed by atoms with E-state index in [4.69, 9.17) is 10.00 Å². The zero-order chi connectivity index (χ0) is 18.7. The molecule has 0 N–H and O–H groups in total. The molecular weight excluding hydrogens is 333 g/mol. The quantitative estimate of drug-likeness (QED) is 0.584. The van der Waals surface area contributed by atoms with Gasteiger partial charge in [-0.15, -0.1) is 0 Å². The minimum Gasteiger partial charge on any atom is -0.458 e. The van der Waals surface area contributed by atoms with E-state index in [1.54, 1.807) is 13.0 Å². The lowest BCUT2D eigenvalue weighted by Gasteiger charge is -2.41. The molecule has 0 radical (unpaired) electrons. The van der Waals surface area contributed by atoms with Crippen LogP contribution >= 0.6 is 0 Å². The Morgan fingerprint density at radius 2 is 2.08 bits per heavy atom. The van der Waals surface area contributed by atoms with Gasteiger partial charge in [-0.3, -0.25) is 9.59 Å². The third-order valence-corrected chi connectivity index (χ3v) is 5.82. The van der Waals surface area contributed by atoms with Crippen LogP contribution in [0.25, 0.3) is 0 Å². The topological polar surface area (TPSA) is 67.2 Å². The van der Waals surface area contributed by atoms with Crippen molar-refractivity contribution in [3.05, 3.63) is 35.1 Å². The van der Waals surface area contributed by atoms with Crippen LogP contribution < -0.4 is 0 Å². The maximum atomic E-state index is 14.3. The fourth-order valence-electron chi connectivity index (χ4n) is 4.38. The zero-order valence-electron chi connectivity index (χ0n) is 15.1. The minimum atomic E-state index is -0.738. The Hall–Kier alpha value is -2.22. The number of nitrogens with zero attached hydrogens (tertiary/aromatic N) is 1. The molecular formula is C21H24FNO3. The molecule has 4 nitrogen and oxygen atoms in total. The van der Waals surface area contributed by atoms with Crippen molar-refractivity contribution in [2.45, 2.75) is 69.8 Å². The Morgan fingerprint density at radius 3 is 2.69 bits per heavy atom. The fourth-order valence-corrected chi connectivity index (χ4v) is 4.38. The predicted octanol–water partition coefficient (Wildman–Crippen LogP) is 4.22. The molecule has 1 saturated carbocycles. The summed E-state index contributed by atoms with van der Waals surface area (Å²) >= 11 is 0. The van der Waals surface area contributed by atoms with Crippen LogP contribution in [-0.4, -0.2) is 17.4 Å². The van der Waals surface area contributed by atoms with Crippen LogP contribution in [-0.2, 0) is 20.7 Å². The number of carbonyl (C=O) groups excluding carboxylic acids is 2. The normalized spacial score (nSPS) is 25.0. The van der Waals surface area contributed by atoms with Gasteiger partial charge < -0.3 is 4.74 Å². The highest BCUT2D eigenvalue weighted by molar-refractivity contribution is 5.98. The Kier molecular flexibility index (Phi) is 5.41. The van der Waals surface area contributed by atoms with E-state index in [0.717, 1.165) is 31.2 Å². The molecule has 2 unspecified atom stereocenters. The van der Waals surface area contributed by atoms with E-state index >= 15 is 0 Å². The van der Waals surface area contributed by atoms with Gasteiger partial charge in [-0.1, -0.05) is 25.0 Å². The second-order valence-corrected chi connectivity index (χ2v) is 7.62. The molecule has 1 aliphatic carbocycles. The molecule has 2 fully saturated rings. The maximum Gasteiger partial charge on any atom is 0.313 e. The number of nitriles is 1. The van der Waals surface area contributed by atoms with Gasteiger partial charge in [0, 0.05) is 12.0 Å². The Morgan fingerprint density at radius 1 is 1.35 bits per heavy atom. The van der Waals surface area contributed by atoms with E-state index in [1.165, 1.54) is 6.07 Å². The van der Waals surface area contributed by atoms with Crippen LogP contribution in [0.5, 0.6) is 0 Å². The van der Waals surface area contributed by atoms with E-state index in [1.807, 2.05) is 12.1 Å². The molecule has 26 heavy (non-hydrogen) atoms. The van der Waals surface area contributed by atoms with Crippen LogP contribution in [0.1, 0.15) is 68.9 Å². The van der Waals surface area contributed by atoms with Crippen LogP contribution in [0.3, 0.4) is 0 Å². The molecule has 0 bridgehead atoms. The van der Waals surface area contributed by atoms with E-state index in [9.17, 15) is 14.0 Å². The van der Waals surface area contributed by atoms with Crippen molar-refractivity contribution < 1.29 is 18.7 Å². The summed E-state index contributed by atoms with van der Waals surface area (Å²) in [5.74, 6) is -1.16. The third kappa shape index (κ3) is 3.80. The lowest BCUT2D eigenvalue weighted by Crippen LogP contribution is -2.48. The van der Waals surface area contributed by atoms with Crippen LogP contribution in [0.15, 0.2) is 18.2 Å². The maximum absolute atomic E-state index is 14.3. The first-order chi connectivity index (χ1) is 12.4. The van der Waals surface area contributed by atoms with Crippen LogP contribution in [0, 0.1) is 23.1 Å². The summed E-state index contributed by atoms with van der Waals surface area (Å²) in [6.45, 7) is 1.67. The number of rotatable bonds is 5. The van der Waals surface area contributed by atoms with Crippen LogP contribution in [0.2, 0.25) is 0 Å². The lowest BCUT2D eigenvalue weighted by atomic mass is 9.76. The van der Waals surface area contributed by atoms with Gasteiger partial charge in [0.05, 0.1) is 12.0 Å². The van der Waals surface area contributed by atoms with Gasteiger partial charge in [-0.05, 0) is 50.2 Å². The summed E-state index contributed by atoms with van der Waals surface area (Å²) in [6.07, 6.45) is 5.32. The second-order valence-electron chi connectivity index (χ2n) is 7.62. The molecule has 1 aromatic carbocycles. The fraction of sp³-hybridized carbons (Fsp3) is 0.571. The van der Waals surface area contributed by atoms with Crippen molar-refractivity contribution in [3.63, 3.8) is 0 Å². The zero-order valence-corrected chi connectivity index (χ0v) is 15.1. The second kappa shape index (κ2) is 7.57. The van der Waals surface area contributed by atoms with Crippen LogP contribution in [0.4, 0.5) is 4.39 Å². The van der Waals surface area contributed by atoms with Gasteiger partial charge in [0.2, 0.25) is 0 Å². The minimum absolute atomic E-state index is 0.0578. The highest BCUT2D eigenvalue weighted by Crippen LogP contribution is 2.43. The average molecular weight is 357 g/mol. The number of halogens is 1.